The Morgan fingerprint density at radius 1 is 1.04 bits per heavy atom. The van der Waals surface area contributed by atoms with Crippen molar-refractivity contribution in [2.45, 2.75) is 57.1 Å². The molecule has 0 bridgehead atoms. The van der Waals surface area contributed by atoms with E-state index in [-0.39, 0.29) is 4.90 Å². The van der Waals surface area contributed by atoms with Crippen molar-refractivity contribution in [2.24, 2.45) is 0 Å². The maximum absolute atomic E-state index is 12.4. The molecule has 0 atom stereocenters. The lowest BCUT2D eigenvalue weighted by Crippen LogP contribution is -2.41. The first-order valence-corrected chi connectivity index (χ1v) is 9.37. The van der Waals surface area contributed by atoms with Crippen LogP contribution in [0.25, 0.3) is 0 Å². The normalized spacial score (nSPS) is 20.2. The van der Waals surface area contributed by atoms with E-state index < -0.39 is 28.3 Å². The third-order valence-electron chi connectivity index (χ3n) is 4.65. The average molecular weight is 339 g/mol. The van der Waals surface area contributed by atoms with Gasteiger partial charge in [0.25, 0.3) is 0 Å². The van der Waals surface area contributed by atoms with E-state index in [1.807, 2.05) is 34.6 Å². The summed E-state index contributed by atoms with van der Waals surface area (Å²) in [6.45, 7) is 10.4. The summed E-state index contributed by atoms with van der Waals surface area (Å²) >= 11 is 0. The monoisotopic (exact) mass is 339 g/mol. The molecule has 1 aromatic rings. The van der Waals surface area contributed by atoms with E-state index in [2.05, 4.69) is 0 Å². The van der Waals surface area contributed by atoms with E-state index >= 15 is 0 Å². The van der Waals surface area contributed by atoms with Gasteiger partial charge in [-0.25, -0.2) is 12.7 Å². The summed E-state index contributed by atoms with van der Waals surface area (Å²) < 4.78 is 38.2. The summed E-state index contributed by atoms with van der Waals surface area (Å²) in [6.07, 6.45) is 0.779. The van der Waals surface area contributed by atoms with E-state index in [0.29, 0.717) is 6.54 Å². The molecule has 1 aliphatic heterocycles. The number of nitrogens with zero attached hydrogens (tertiary/aromatic N) is 1. The van der Waals surface area contributed by atoms with Crippen LogP contribution in [-0.2, 0) is 19.3 Å². The van der Waals surface area contributed by atoms with Crippen molar-refractivity contribution >= 4 is 22.6 Å². The van der Waals surface area contributed by atoms with Crippen molar-refractivity contribution < 1.29 is 17.7 Å². The van der Waals surface area contributed by atoms with Gasteiger partial charge in [-0.15, -0.1) is 0 Å². The maximum Gasteiger partial charge on any atom is 0.494 e. The zero-order valence-electron chi connectivity index (χ0n) is 14.8. The Morgan fingerprint density at radius 3 is 1.96 bits per heavy atom. The van der Waals surface area contributed by atoms with Gasteiger partial charge in [0.05, 0.1) is 16.1 Å². The van der Waals surface area contributed by atoms with Crippen LogP contribution in [0.1, 0.15) is 41.0 Å². The minimum Gasteiger partial charge on any atom is -0.399 e. The quantitative estimate of drug-likeness (QED) is 0.770. The third-order valence-corrected chi connectivity index (χ3v) is 6.52. The van der Waals surface area contributed by atoms with Crippen LogP contribution in [-0.4, -0.2) is 44.6 Å². The molecule has 0 aromatic heterocycles. The lowest BCUT2D eigenvalue weighted by atomic mass is 9.79. The highest BCUT2D eigenvalue weighted by atomic mass is 32.2. The smallest absolute Gasteiger partial charge is 0.399 e. The number of hydrogen-bond donors (Lipinski definition) is 0. The molecule has 0 saturated carbocycles. The minimum absolute atomic E-state index is 0.286. The standard InChI is InChI=1S/C16H26BNO4S/c1-7-12-18(6)23(19,20)14-10-8-13(9-11-14)17-21-15(2,3)16(4,5)22-17/h8-11H,7,12H2,1-6H3. The van der Waals surface area contributed by atoms with Crippen LogP contribution in [0.15, 0.2) is 29.2 Å². The highest BCUT2D eigenvalue weighted by molar-refractivity contribution is 7.89. The topological polar surface area (TPSA) is 55.8 Å². The average Bonchev–Trinajstić information content (AvgIpc) is 2.68. The molecule has 0 aliphatic carbocycles. The summed E-state index contributed by atoms with van der Waals surface area (Å²) in [5.41, 5.74) is -0.00574. The second kappa shape index (κ2) is 6.20. The summed E-state index contributed by atoms with van der Waals surface area (Å²) in [5, 5.41) is 0. The highest BCUT2D eigenvalue weighted by Crippen LogP contribution is 2.36. The van der Waals surface area contributed by atoms with Gasteiger partial charge in [0.1, 0.15) is 0 Å². The van der Waals surface area contributed by atoms with Crippen LogP contribution in [0, 0.1) is 0 Å². The van der Waals surface area contributed by atoms with Gasteiger partial charge in [0.15, 0.2) is 0 Å². The zero-order valence-corrected chi connectivity index (χ0v) is 15.6. The Morgan fingerprint density at radius 2 is 1.52 bits per heavy atom. The van der Waals surface area contributed by atoms with Crippen molar-refractivity contribution in [3.63, 3.8) is 0 Å². The number of hydrogen-bond acceptors (Lipinski definition) is 4. The van der Waals surface area contributed by atoms with Gasteiger partial charge in [0, 0.05) is 13.6 Å². The summed E-state index contributed by atoms with van der Waals surface area (Å²) in [6, 6.07) is 6.74. The molecule has 0 unspecified atom stereocenters. The van der Waals surface area contributed by atoms with E-state index in [9.17, 15) is 8.42 Å². The van der Waals surface area contributed by atoms with Crippen molar-refractivity contribution in [2.75, 3.05) is 13.6 Å². The van der Waals surface area contributed by atoms with Crippen LogP contribution in [0.5, 0.6) is 0 Å². The van der Waals surface area contributed by atoms with Gasteiger partial charge in [-0.1, -0.05) is 19.1 Å². The lowest BCUT2D eigenvalue weighted by molar-refractivity contribution is 0.00578. The zero-order chi connectivity index (χ0) is 17.5. The Balaban J connectivity index is 2.21. The fourth-order valence-corrected chi connectivity index (χ4v) is 3.65. The molecule has 2 rings (SSSR count). The molecule has 128 valence electrons. The van der Waals surface area contributed by atoms with Crippen molar-refractivity contribution in [3.8, 4) is 0 Å². The van der Waals surface area contributed by atoms with Crippen LogP contribution < -0.4 is 5.46 Å². The van der Waals surface area contributed by atoms with Gasteiger partial charge >= 0.3 is 7.12 Å². The second-order valence-electron chi connectivity index (χ2n) is 6.98. The Kier molecular flexibility index (Phi) is 4.98. The first-order chi connectivity index (χ1) is 10.5. The predicted molar refractivity (Wildman–Crippen MR) is 92.3 cm³/mol. The van der Waals surface area contributed by atoms with E-state index in [0.717, 1.165) is 11.9 Å². The molecule has 0 N–H and O–H groups in total. The molecular weight excluding hydrogens is 313 g/mol. The van der Waals surface area contributed by atoms with Crippen LogP contribution in [0.4, 0.5) is 0 Å². The number of benzene rings is 1. The molecular formula is C16H26BNO4S. The largest absolute Gasteiger partial charge is 0.494 e. The maximum atomic E-state index is 12.4. The first kappa shape index (κ1) is 18.5. The van der Waals surface area contributed by atoms with E-state index in [1.165, 1.54) is 4.31 Å². The Hall–Kier alpha value is -0.885. The number of rotatable bonds is 5. The fourth-order valence-electron chi connectivity index (χ4n) is 2.39. The molecule has 0 spiro atoms. The Labute approximate surface area is 140 Å². The van der Waals surface area contributed by atoms with Crippen LogP contribution >= 0.6 is 0 Å². The van der Waals surface area contributed by atoms with Crippen LogP contribution in [0.2, 0.25) is 0 Å². The predicted octanol–water partition coefficient (Wildman–Crippen LogP) is 2.02. The molecule has 5 nitrogen and oxygen atoms in total. The third kappa shape index (κ3) is 3.48. The van der Waals surface area contributed by atoms with Gasteiger partial charge in [-0.2, -0.15) is 0 Å². The molecule has 0 amide bonds. The van der Waals surface area contributed by atoms with Crippen molar-refractivity contribution in [1.29, 1.82) is 0 Å². The molecule has 1 aromatic carbocycles. The summed E-state index contributed by atoms with van der Waals surface area (Å²) in [7, 11) is -2.32. The van der Waals surface area contributed by atoms with Gasteiger partial charge in [-0.3, -0.25) is 0 Å². The summed E-state index contributed by atoms with van der Waals surface area (Å²) in [4.78, 5) is 0.286. The second-order valence-corrected chi connectivity index (χ2v) is 9.03. The minimum atomic E-state index is -3.44. The van der Waals surface area contributed by atoms with Crippen LogP contribution in [0.3, 0.4) is 0 Å². The van der Waals surface area contributed by atoms with E-state index in [1.54, 1.807) is 31.3 Å². The first-order valence-electron chi connectivity index (χ1n) is 7.93. The fraction of sp³-hybridized carbons (Fsp3) is 0.625. The number of sulfonamides is 1. The van der Waals surface area contributed by atoms with Gasteiger partial charge < -0.3 is 9.31 Å². The molecule has 1 aliphatic rings. The SMILES string of the molecule is CCCN(C)S(=O)(=O)c1ccc(B2OC(C)(C)C(C)(C)O2)cc1. The highest BCUT2D eigenvalue weighted by Gasteiger charge is 2.51. The van der Waals surface area contributed by atoms with Gasteiger partial charge in [-0.05, 0) is 51.7 Å². The van der Waals surface area contributed by atoms with Gasteiger partial charge in [0.2, 0.25) is 10.0 Å². The van der Waals surface area contributed by atoms with E-state index in [4.69, 9.17) is 9.31 Å². The summed E-state index contributed by atoms with van der Waals surface area (Å²) in [5.74, 6) is 0. The molecule has 23 heavy (non-hydrogen) atoms. The van der Waals surface area contributed by atoms with Crippen molar-refractivity contribution in [1.82, 2.24) is 4.31 Å². The van der Waals surface area contributed by atoms with Crippen molar-refractivity contribution in [3.05, 3.63) is 24.3 Å². The lowest BCUT2D eigenvalue weighted by Gasteiger charge is -2.32. The molecule has 1 heterocycles. The molecule has 7 heteroatoms. The molecule has 1 saturated heterocycles. The molecule has 1 fully saturated rings. The molecule has 0 radical (unpaired) electrons. The Bertz CT molecular complexity index is 639.